The van der Waals surface area contributed by atoms with Crippen molar-refractivity contribution in [1.82, 2.24) is 20.0 Å². The monoisotopic (exact) mass is 422 g/mol. The number of hydrogen-bond donors (Lipinski definition) is 0. The van der Waals surface area contributed by atoms with Gasteiger partial charge in [-0.05, 0) is 56.9 Å². The van der Waals surface area contributed by atoms with Gasteiger partial charge in [0, 0.05) is 47.8 Å². The molecule has 7 heteroatoms. The maximum Gasteiger partial charge on any atom is 0.225 e. The highest BCUT2D eigenvalue weighted by molar-refractivity contribution is 6.30. The molecule has 1 aromatic carbocycles. The fourth-order valence-electron chi connectivity index (χ4n) is 4.11. The number of aromatic nitrogens is 3. The molecule has 1 saturated heterocycles. The molecule has 3 aromatic rings. The number of piperidine rings is 1. The van der Waals surface area contributed by atoms with Crippen molar-refractivity contribution in [2.24, 2.45) is 5.92 Å². The van der Waals surface area contributed by atoms with Gasteiger partial charge in [-0.25, -0.2) is 9.97 Å². The first-order chi connectivity index (χ1) is 14.6. The molecular formula is C23H23ClN4O2. The third-order valence-electron chi connectivity index (χ3n) is 5.86. The second-order valence-corrected chi connectivity index (χ2v) is 8.67. The van der Waals surface area contributed by atoms with Crippen LogP contribution in [0.15, 0.2) is 41.1 Å². The number of halogens is 1. The van der Waals surface area contributed by atoms with Gasteiger partial charge < -0.3 is 9.42 Å². The third kappa shape index (κ3) is 3.84. The number of rotatable bonds is 4. The first kappa shape index (κ1) is 19.2. The van der Waals surface area contributed by atoms with E-state index in [4.69, 9.17) is 21.1 Å². The van der Waals surface area contributed by atoms with E-state index in [1.165, 1.54) is 0 Å². The summed E-state index contributed by atoms with van der Waals surface area (Å²) in [5.74, 6) is 1.97. The normalized spacial score (nSPS) is 19.1. The van der Waals surface area contributed by atoms with Crippen molar-refractivity contribution in [2.75, 3.05) is 13.1 Å². The summed E-state index contributed by atoms with van der Waals surface area (Å²) in [4.78, 5) is 24.2. The van der Waals surface area contributed by atoms with Crippen LogP contribution in [0, 0.1) is 12.8 Å². The van der Waals surface area contributed by atoms with Crippen LogP contribution in [0.4, 0.5) is 0 Å². The van der Waals surface area contributed by atoms with E-state index < -0.39 is 0 Å². The predicted octanol–water partition coefficient (Wildman–Crippen LogP) is 4.88. The van der Waals surface area contributed by atoms with Gasteiger partial charge in [0.2, 0.25) is 5.91 Å². The molecule has 5 rings (SSSR count). The highest BCUT2D eigenvalue weighted by atomic mass is 35.5. The van der Waals surface area contributed by atoms with Crippen LogP contribution in [-0.2, 0) is 4.79 Å². The van der Waals surface area contributed by atoms with Gasteiger partial charge in [-0.15, -0.1) is 0 Å². The smallest absolute Gasteiger partial charge is 0.225 e. The van der Waals surface area contributed by atoms with Gasteiger partial charge >= 0.3 is 0 Å². The third-order valence-corrected chi connectivity index (χ3v) is 6.11. The minimum absolute atomic E-state index is 0.135. The molecule has 1 aliphatic carbocycles. The zero-order valence-electron chi connectivity index (χ0n) is 16.8. The average molecular weight is 423 g/mol. The molecule has 1 atom stereocenters. The van der Waals surface area contributed by atoms with Crippen molar-refractivity contribution in [3.05, 3.63) is 52.9 Å². The minimum atomic E-state index is 0.135. The van der Waals surface area contributed by atoms with Crippen LogP contribution in [0.5, 0.6) is 0 Å². The highest BCUT2D eigenvalue weighted by Crippen LogP contribution is 2.37. The summed E-state index contributed by atoms with van der Waals surface area (Å²) in [5, 5.41) is 4.71. The molecular weight excluding hydrogens is 400 g/mol. The Morgan fingerprint density at radius 2 is 2.00 bits per heavy atom. The zero-order chi connectivity index (χ0) is 20.7. The van der Waals surface area contributed by atoms with Crippen LogP contribution >= 0.6 is 11.6 Å². The van der Waals surface area contributed by atoms with E-state index in [9.17, 15) is 4.79 Å². The van der Waals surface area contributed by atoms with E-state index >= 15 is 0 Å². The average Bonchev–Trinajstić information content (AvgIpc) is 3.54. The topological polar surface area (TPSA) is 72.1 Å². The Bertz CT molecular complexity index is 1080. The maximum atomic E-state index is 12.7. The van der Waals surface area contributed by atoms with Crippen molar-refractivity contribution in [3.8, 4) is 22.7 Å². The minimum Gasteiger partial charge on any atom is -0.356 e. The summed E-state index contributed by atoms with van der Waals surface area (Å²) >= 11 is 6.04. The molecule has 30 heavy (non-hydrogen) atoms. The second-order valence-electron chi connectivity index (χ2n) is 8.23. The number of likely N-dealkylation sites (tertiary alicyclic amines) is 1. The van der Waals surface area contributed by atoms with E-state index in [0.29, 0.717) is 29.1 Å². The molecule has 0 bridgehead atoms. The molecule has 2 fully saturated rings. The molecule has 1 unspecified atom stereocenters. The number of carbonyl (C=O) groups excluding carboxylic acids is 1. The molecule has 6 nitrogen and oxygen atoms in total. The van der Waals surface area contributed by atoms with Gasteiger partial charge in [-0.2, -0.15) is 0 Å². The number of hydrogen-bond acceptors (Lipinski definition) is 5. The fourth-order valence-corrected chi connectivity index (χ4v) is 4.24. The van der Waals surface area contributed by atoms with Gasteiger partial charge in [0.05, 0.1) is 17.0 Å². The molecule has 154 valence electrons. The fraction of sp³-hybridized carbons (Fsp3) is 0.391. The molecule has 2 aliphatic rings. The summed E-state index contributed by atoms with van der Waals surface area (Å²) in [6.45, 7) is 3.41. The molecule has 1 aliphatic heterocycles. The first-order valence-electron chi connectivity index (χ1n) is 10.4. The van der Waals surface area contributed by atoms with Crippen LogP contribution in [0.3, 0.4) is 0 Å². The summed E-state index contributed by atoms with van der Waals surface area (Å²) < 4.78 is 5.54. The van der Waals surface area contributed by atoms with E-state index in [2.05, 4.69) is 10.1 Å². The SMILES string of the molecule is Cc1cc(-c2cnc(-c3ccc(Cl)cc3)nc2C2CCCN(C(=O)C3CC3)C2)on1. The largest absolute Gasteiger partial charge is 0.356 e. The van der Waals surface area contributed by atoms with Crippen LogP contribution in [0.1, 0.15) is 43.0 Å². The quantitative estimate of drug-likeness (QED) is 0.599. The molecule has 1 amide bonds. The summed E-state index contributed by atoms with van der Waals surface area (Å²) in [6.07, 6.45) is 5.81. The van der Waals surface area contributed by atoms with Crippen molar-refractivity contribution < 1.29 is 9.32 Å². The van der Waals surface area contributed by atoms with Gasteiger partial charge in [-0.3, -0.25) is 4.79 Å². The summed E-state index contributed by atoms with van der Waals surface area (Å²) in [6, 6.07) is 9.42. The Balaban J connectivity index is 1.53. The number of benzene rings is 1. The van der Waals surface area contributed by atoms with Gasteiger partial charge in [-0.1, -0.05) is 16.8 Å². The zero-order valence-corrected chi connectivity index (χ0v) is 17.6. The Morgan fingerprint density at radius 1 is 1.20 bits per heavy atom. The number of amides is 1. The second kappa shape index (κ2) is 7.84. The Labute approximate surface area is 180 Å². The number of nitrogens with zero attached hydrogens (tertiary/aromatic N) is 4. The van der Waals surface area contributed by atoms with Crippen molar-refractivity contribution in [2.45, 2.75) is 38.5 Å². The molecule has 0 N–H and O–H groups in total. The number of aryl methyl sites for hydroxylation is 1. The van der Waals surface area contributed by atoms with E-state index in [1.807, 2.05) is 48.4 Å². The lowest BCUT2D eigenvalue weighted by Crippen LogP contribution is -2.40. The molecule has 0 spiro atoms. The Hall–Kier alpha value is -2.73. The Kier molecular flexibility index (Phi) is 5.03. The molecule has 3 heterocycles. The maximum absolute atomic E-state index is 12.7. The Morgan fingerprint density at radius 3 is 2.70 bits per heavy atom. The van der Waals surface area contributed by atoms with Gasteiger partial charge in [0.15, 0.2) is 11.6 Å². The lowest BCUT2D eigenvalue weighted by atomic mass is 9.91. The standard InChI is InChI=1S/C23H23ClN4O2/c1-14-11-20(30-27-14)19-12-25-22(15-6-8-18(24)9-7-15)26-21(19)17-3-2-10-28(13-17)23(29)16-4-5-16/h6-9,11-12,16-17H,2-5,10,13H2,1H3. The lowest BCUT2D eigenvalue weighted by Gasteiger charge is -2.33. The van der Waals surface area contributed by atoms with Gasteiger partial charge in [0.1, 0.15) is 0 Å². The van der Waals surface area contributed by atoms with Crippen molar-refractivity contribution in [3.63, 3.8) is 0 Å². The number of carbonyl (C=O) groups is 1. The molecule has 1 saturated carbocycles. The van der Waals surface area contributed by atoms with Crippen LogP contribution in [0.2, 0.25) is 5.02 Å². The van der Waals surface area contributed by atoms with Crippen LogP contribution in [-0.4, -0.2) is 39.0 Å². The van der Waals surface area contributed by atoms with Crippen molar-refractivity contribution >= 4 is 17.5 Å². The lowest BCUT2D eigenvalue weighted by molar-refractivity contribution is -0.133. The van der Waals surface area contributed by atoms with Gasteiger partial charge in [0.25, 0.3) is 0 Å². The highest BCUT2D eigenvalue weighted by Gasteiger charge is 2.36. The van der Waals surface area contributed by atoms with E-state index in [0.717, 1.165) is 54.7 Å². The van der Waals surface area contributed by atoms with Crippen molar-refractivity contribution in [1.29, 1.82) is 0 Å². The van der Waals surface area contributed by atoms with Crippen LogP contribution in [0.25, 0.3) is 22.7 Å². The van der Waals surface area contributed by atoms with E-state index in [-0.39, 0.29) is 11.8 Å². The van der Waals surface area contributed by atoms with E-state index in [1.54, 1.807) is 0 Å². The van der Waals surface area contributed by atoms with Crippen LogP contribution < -0.4 is 0 Å². The first-order valence-corrected chi connectivity index (χ1v) is 10.8. The molecule has 0 radical (unpaired) electrons. The predicted molar refractivity (Wildman–Crippen MR) is 114 cm³/mol. The summed E-state index contributed by atoms with van der Waals surface area (Å²) in [5.41, 5.74) is 3.48. The summed E-state index contributed by atoms with van der Waals surface area (Å²) in [7, 11) is 0. The molecule has 2 aromatic heterocycles.